The fourth-order valence-corrected chi connectivity index (χ4v) is 5.00. The van der Waals surface area contributed by atoms with E-state index in [0.29, 0.717) is 36.1 Å². The summed E-state index contributed by atoms with van der Waals surface area (Å²) in [5.41, 5.74) is 0.834. The molecular formula is C18H16N2O4S2. The molecule has 0 saturated heterocycles. The third kappa shape index (κ3) is 3.02. The van der Waals surface area contributed by atoms with Gasteiger partial charge in [0.25, 0.3) is 10.0 Å². The van der Waals surface area contributed by atoms with Crippen LogP contribution in [0.5, 0.6) is 11.5 Å². The van der Waals surface area contributed by atoms with Crippen LogP contribution in [0.3, 0.4) is 0 Å². The minimum atomic E-state index is -3.80. The second kappa shape index (κ2) is 6.62. The number of sulfonamides is 1. The molecule has 8 heteroatoms. The first-order valence-electron chi connectivity index (χ1n) is 7.98. The Balaban J connectivity index is 1.94. The van der Waals surface area contributed by atoms with Crippen LogP contribution in [0.15, 0.2) is 64.4 Å². The molecule has 6 nitrogen and oxygen atoms in total. The second-order valence-corrected chi connectivity index (χ2v) is 8.24. The number of benzene rings is 2. The number of aromatic nitrogens is 1. The van der Waals surface area contributed by atoms with Gasteiger partial charge in [-0.3, -0.25) is 0 Å². The zero-order chi connectivity index (χ0) is 18.1. The Hall–Kier alpha value is -2.58. The molecule has 0 N–H and O–H groups in total. The molecule has 0 spiro atoms. The number of thiazole rings is 1. The number of hydrogen-bond acceptors (Lipinski definition) is 5. The molecular weight excluding hydrogens is 372 g/mol. The van der Waals surface area contributed by atoms with Gasteiger partial charge >= 0.3 is 0 Å². The zero-order valence-corrected chi connectivity index (χ0v) is 15.4. The fourth-order valence-electron chi connectivity index (χ4n) is 2.73. The highest BCUT2D eigenvalue weighted by atomic mass is 32.2. The van der Waals surface area contributed by atoms with Gasteiger partial charge in [-0.1, -0.05) is 35.6 Å². The first-order chi connectivity index (χ1) is 12.6. The number of rotatable bonds is 4. The molecule has 26 heavy (non-hydrogen) atoms. The van der Waals surface area contributed by atoms with E-state index < -0.39 is 10.0 Å². The highest BCUT2D eigenvalue weighted by molar-refractivity contribution is 7.90. The van der Waals surface area contributed by atoms with Crippen LogP contribution >= 0.6 is 11.3 Å². The lowest BCUT2D eigenvalue weighted by molar-refractivity contribution is 0.172. The summed E-state index contributed by atoms with van der Waals surface area (Å²) in [6, 6.07) is 11.9. The van der Waals surface area contributed by atoms with Gasteiger partial charge in [-0.15, -0.1) is 11.0 Å². The number of fused-ring (bicyclic) bond motifs is 2. The van der Waals surface area contributed by atoms with Crippen LogP contribution in [0.4, 0.5) is 0 Å². The minimum Gasteiger partial charge on any atom is -0.486 e. The monoisotopic (exact) mass is 388 g/mol. The van der Waals surface area contributed by atoms with Crippen LogP contribution in [0.25, 0.3) is 10.2 Å². The van der Waals surface area contributed by atoms with Crippen LogP contribution in [0.2, 0.25) is 0 Å². The summed E-state index contributed by atoms with van der Waals surface area (Å²) < 4.78 is 43.3. The van der Waals surface area contributed by atoms with Gasteiger partial charge in [0.15, 0.2) is 11.5 Å². The molecule has 3 aromatic rings. The normalized spacial score (nSPS) is 14.5. The summed E-state index contributed by atoms with van der Waals surface area (Å²) in [6.07, 6.45) is 1.71. The van der Waals surface area contributed by atoms with Crippen LogP contribution in [0.1, 0.15) is 0 Å². The first-order valence-corrected chi connectivity index (χ1v) is 10.2. The molecule has 0 bridgehead atoms. The largest absolute Gasteiger partial charge is 0.486 e. The van der Waals surface area contributed by atoms with Crippen LogP contribution in [-0.2, 0) is 16.6 Å². The smallest absolute Gasteiger partial charge is 0.285 e. The predicted molar refractivity (Wildman–Crippen MR) is 100 cm³/mol. The van der Waals surface area contributed by atoms with Gasteiger partial charge in [-0.05, 0) is 12.1 Å². The van der Waals surface area contributed by atoms with Crippen molar-refractivity contribution in [3.63, 3.8) is 0 Å². The van der Waals surface area contributed by atoms with E-state index in [0.717, 1.165) is 10.2 Å². The Morgan fingerprint density at radius 1 is 1.15 bits per heavy atom. The van der Waals surface area contributed by atoms with Gasteiger partial charge in [0.05, 0.1) is 15.1 Å². The van der Waals surface area contributed by atoms with E-state index in [1.165, 1.54) is 23.5 Å². The maximum Gasteiger partial charge on any atom is 0.285 e. The molecule has 1 aliphatic heterocycles. The van der Waals surface area contributed by atoms with Crippen molar-refractivity contribution in [2.24, 2.45) is 4.40 Å². The van der Waals surface area contributed by atoms with Crippen molar-refractivity contribution in [1.29, 1.82) is 0 Å². The molecule has 0 amide bonds. The molecule has 0 atom stereocenters. The third-order valence-corrected chi connectivity index (χ3v) is 6.34. The standard InChI is InChI=1S/C18H16N2O4S2/c1-2-8-20-14-11-15-16(24-10-9-23-15)12-17(14)25-18(20)19-26(21,22)13-6-4-3-5-7-13/h2-7,11-12H,1,8-10H2/b19-18-. The summed E-state index contributed by atoms with van der Waals surface area (Å²) in [4.78, 5) is 0.541. The lowest BCUT2D eigenvalue weighted by atomic mass is 10.2. The van der Waals surface area contributed by atoms with Gasteiger partial charge < -0.3 is 14.0 Å². The second-order valence-electron chi connectivity index (χ2n) is 5.63. The first kappa shape index (κ1) is 16.9. The summed E-state index contributed by atoms with van der Waals surface area (Å²) in [6.45, 7) is 5.18. The average Bonchev–Trinajstić information content (AvgIpc) is 2.96. The van der Waals surface area contributed by atoms with E-state index in [-0.39, 0.29) is 4.90 Å². The van der Waals surface area contributed by atoms with Crippen LogP contribution < -0.4 is 14.3 Å². The Morgan fingerprint density at radius 2 is 1.85 bits per heavy atom. The van der Waals surface area contributed by atoms with Crippen molar-refractivity contribution in [3.8, 4) is 11.5 Å². The van der Waals surface area contributed by atoms with Gasteiger partial charge in [-0.25, -0.2) is 0 Å². The van der Waals surface area contributed by atoms with Gasteiger partial charge in [0.2, 0.25) is 4.80 Å². The van der Waals surface area contributed by atoms with Crippen molar-refractivity contribution in [2.45, 2.75) is 11.4 Å². The topological polar surface area (TPSA) is 69.9 Å². The average molecular weight is 388 g/mol. The molecule has 134 valence electrons. The lowest BCUT2D eigenvalue weighted by Gasteiger charge is -2.18. The number of ether oxygens (including phenoxy) is 2. The van der Waals surface area contributed by atoms with Crippen molar-refractivity contribution in [3.05, 3.63) is 59.9 Å². The lowest BCUT2D eigenvalue weighted by Crippen LogP contribution is -2.17. The van der Waals surface area contributed by atoms with Gasteiger partial charge in [0.1, 0.15) is 13.2 Å². The Labute approximate surface area is 154 Å². The maximum absolute atomic E-state index is 12.6. The summed E-state index contributed by atoms with van der Waals surface area (Å²) in [5, 5.41) is 0. The Morgan fingerprint density at radius 3 is 2.54 bits per heavy atom. The van der Waals surface area contributed by atoms with Crippen LogP contribution in [-0.4, -0.2) is 26.2 Å². The van der Waals surface area contributed by atoms with Gasteiger partial charge in [-0.2, -0.15) is 8.42 Å². The van der Waals surface area contributed by atoms with Crippen LogP contribution in [0, 0.1) is 0 Å². The predicted octanol–water partition coefficient (Wildman–Crippen LogP) is 2.95. The van der Waals surface area contributed by atoms with E-state index in [4.69, 9.17) is 9.47 Å². The highest BCUT2D eigenvalue weighted by Gasteiger charge is 2.18. The highest BCUT2D eigenvalue weighted by Crippen LogP contribution is 2.35. The summed E-state index contributed by atoms with van der Waals surface area (Å²) >= 11 is 1.29. The van der Waals surface area contributed by atoms with E-state index in [2.05, 4.69) is 11.0 Å². The van der Waals surface area contributed by atoms with E-state index >= 15 is 0 Å². The minimum absolute atomic E-state index is 0.161. The third-order valence-electron chi connectivity index (χ3n) is 3.90. The van der Waals surface area contributed by atoms with Crippen molar-refractivity contribution >= 4 is 31.6 Å². The molecule has 0 radical (unpaired) electrons. The van der Waals surface area contributed by atoms with E-state index in [1.54, 1.807) is 24.3 Å². The van der Waals surface area contributed by atoms with Crippen molar-refractivity contribution < 1.29 is 17.9 Å². The van der Waals surface area contributed by atoms with Gasteiger partial charge in [0, 0.05) is 18.7 Å². The summed E-state index contributed by atoms with van der Waals surface area (Å²) in [7, 11) is -3.80. The quantitative estimate of drug-likeness (QED) is 0.645. The Kier molecular flexibility index (Phi) is 4.29. The summed E-state index contributed by atoms with van der Waals surface area (Å²) in [5.74, 6) is 1.31. The van der Waals surface area contributed by atoms with E-state index in [1.807, 2.05) is 16.7 Å². The fraction of sp³-hybridized carbons (Fsp3) is 0.167. The number of hydrogen-bond donors (Lipinski definition) is 0. The molecule has 0 unspecified atom stereocenters. The van der Waals surface area contributed by atoms with Crippen molar-refractivity contribution in [2.75, 3.05) is 13.2 Å². The molecule has 1 aromatic heterocycles. The SMILES string of the molecule is C=CCn1/c(=N/S(=O)(=O)c2ccccc2)sc2cc3c(cc21)OCCO3. The molecule has 0 saturated carbocycles. The van der Waals surface area contributed by atoms with E-state index in [9.17, 15) is 8.42 Å². The molecule has 4 rings (SSSR count). The number of allylic oxidation sites excluding steroid dienone is 1. The molecule has 1 aliphatic rings. The molecule has 2 aromatic carbocycles. The zero-order valence-electron chi connectivity index (χ0n) is 13.8. The molecule has 2 heterocycles. The Bertz CT molecular complexity index is 1150. The molecule has 0 aliphatic carbocycles. The maximum atomic E-state index is 12.6. The van der Waals surface area contributed by atoms with Crippen molar-refractivity contribution in [1.82, 2.24) is 4.57 Å². The molecule has 0 fully saturated rings. The number of nitrogens with zero attached hydrogens (tertiary/aromatic N) is 2.